The van der Waals surface area contributed by atoms with Crippen LogP contribution in [0.4, 0.5) is 5.82 Å². The van der Waals surface area contributed by atoms with Gasteiger partial charge in [0.1, 0.15) is 24.6 Å². The number of aromatic nitrogens is 4. The summed E-state index contributed by atoms with van der Waals surface area (Å²) >= 11 is 0. The smallest absolute Gasteiger partial charge is 0.167 e. The third-order valence-electron chi connectivity index (χ3n) is 4.18. The summed E-state index contributed by atoms with van der Waals surface area (Å²) in [5.41, 5.74) is 0.941. The van der Waals surface area contributed by atoms with Crippen molar-refractivity contribution in [1.82, 2.24) is 19.5 Å². The van der Waals surface area contributed by atoms with Crippen molar-refractivity contribution in [3.05, 3.63) is 12.7 Å². The second-order valence-electron chi connectivity index (χ2n) is 5.55. The number of ether oxygens (including phenoxy) is 1. The third kappa shape index (κ3) is 2.72. The molecule has 10 heteroatoms. The van der Waals surface area contributed by atoms with Crippen LogP contribution in [-0.4, -0.2) is 84.6 Å². The molecule has 0 amide bonds. The van der Waals surface area contributed by atoms with Gasteiger partial charge in [0.15, 0.2) is 23.2 Å². The van der Waals surface area contributed by atoms with E-state index in [1.54, 1.807) is 0 Å². The summed E-state index contributed by atoms with van der Waals surface area (Å²) in [6.07, 6.45) is -1.35. The minimum Gasteiger partial charge on any atom is -0.395 e. The van der Waals surface area contributed by atoms with Gasteiger partial charge in [-0.3, -0.25) is 4.57 Å². The highest BCUT2D eigenvalue weighted by atomic mass is 16.6. The van der Waals surface area contributed by atoms with Gasteiger partial charge in [-0.25, -0.2) is 15.0 Å². The number of hydrogen-bond donors (Lipinski definition) is 4. The fourth-order valence-corrected chi connectivity index (χ4v) is 2.90. The maximum absolute atomic E-state index is 10.2. The molecule has 0 spiro atoms. The van der Waals surface area contributed by atoms with Crippen LogP contribution in [0.1, 0.15) is 13.2 Å². The normalized spacial score (nSPS) is 27.0. The summed E-state index contributed by atoms with van der Waals surface area (Å²) < 4.78 is 7.03. The third-order valence-corrected chi connectivity index (χ3v) is 4.18. The standard InChI is InChI=1S/C14H21N5O5/c1-2-18(3-4-20)12-9-13(16-6-15-12)19(7-17-9)14-11(23)10(22)8(5-21)24-14/h6-8,10-11,14,20-23H,2-5H2,1H3/t8-,10-,11-,14-/m1/s1. The van der Waals surface area contributed by atoms with Crippen molar-refractivity contribution >= 4 is 17.0 Å². The quantitative estimate of drug-likeness (QED) is 0.483. The SMILES string of the molecule is CCN(CCO)c1ncnc2c1ncn2[C@@H]1O[C@H](CO)[C@@H](O)[C@H]1O. The van der Waals surface area contributed by atoms with Gasteiger partial charge in [-0.1, -0.05) is 0 Å². The number of aliphatic hydroxyl groups excluding tert-OH is 4. The Morgan fingerprint density at radius 1 is 1.21 bits per heavy atom. The van der Waals surface area contributed by atoms with Crippen LogP contribution in [0.3, 0.4) is 0 Å². The first-order valence-electron chi connectivity index (χ1n) is 7.78. The zero-order chi connectivity index (χ0) is 17.3. The van der Waals surface area contributed by atoms with Crippen LogP contribution in [0.2, 0.25) is 0 Å². The van der Waals surface area contributed by atoms with Crippen molar-refractivity contribution in [2.75, 3.05) is 31.2 Å². The minimum atomic E-state index is -1.21. The van der Waals surface area contributed by atoms with Gasteiger partial charge in [0.25, 0.3) is 0 Å². The molecule has 0 unspecified atom stereocenters. The largest absolute Gasteiger partial charge is 0.395 e. The van der Waals surface area contributed by atoms with Crippen molar-refractivity contribution in [2.24, 2.45) is 0 Å². The van der Waals surface area contributed by atoms with E-state index in [9.17, 15) is 20.4 Å². The lowest BCUT2D eigenvalue weighted by Gasteiger charge is -2.21. The molecule has 132 valence electrons. The molecule has 0 aliphatic carbocycles. The Kier molecular flexibility index (Phi) is 4.92. The van der Waals surface area contributed by atoms with Crippen LogP contribution in [-0.2, 0) is 4.74 Å². The van der Waals surface area contributed by atoms with E-state index in [1.807, 2.05) is 11.8 Å². The van der Waals surface area contributed by atoms with Crippen LogP contribution in [0.5, 0.6) is 0 Å². The second-order valence-corrected chi connectivity index (χ2v) is 5.55. The molecule has 4 atom stereocenters. The molecule has 0 radical (unpaired) electrons. The number of fused-ring (bicyclic) bond motifs is 1. The monoisotopic (exact) mass is 339 g/mol. The van der Waals surface area contributed by atoms with Crippen LogP contribution in [0, 0.1) is 0 Å². The molecule has 2 aromatic heterocycles. The first-order valence-corrected chi connectivity index (χ1v) is 7.78. The molecule has 1 fully saturated rings. The topological polar surface area (TPSA) is 137 Å². The fourth-order valence-electron chi connectivity index (χ4n) is 2.90. The Hall–Kier alpha value is -1.85. The van der Waals surface area contributed by atoms with Crippen LogP contribution in [0.15, 0.2) is 12.7 Å². The molecule has 4 N–H and O–H groups in total. The highest BCUT2D eigenvalue weighted by Gasteiger charge is 2.44. The molecule has 3 rings (SSSR count). The molecule has 0 saturated carbocycles. The van der Waals surface area contributed by atoms with E-state index < -0.39 is 31.1 Å². The van der Waals surface area contributed by atoms with Crippen LogP contribution >= 0.6 is 0 Å². The molecule has 1 aliphatic heterocycles. The Bertz CT molecular complexity index is 695. The molecular formula is C14H21N5O5. The maximum atomic E-state index is 10.2. The predicted molar refractivity (Wildman–Crippen MR) is 83.3 cm³/mol. The molecule has 1 saturated heterocycles. The van der Waals surface area contributed by atoms with Gasteiger partial charge in [0.2, 0.25) is 0 Å². The summed E-state index contributed by atoms with van der Waals surface area (Å²) in [6, 6.07) is 0. The second kappa shape index (κ2) is 6.95. The lowest BCUT2D eigenvalue weighted by molar-refractivity contribution is -0.0511. The van der Waals surface area contributed by atoms with Gasteiger partial charge >= 0.3 is 0 Å². The van der Waals surface area contributed by atoms with Crippen molar-refractivity contribution < 1.29 is 25.2 Å². The molecule has 24 heavy (non-hydrogen) atoms. The molecule has 1 aliphatic rings. The zero-order valence-electron chi connectivity index (χ0n) is 13.2. The fraction of sp³-hybridized carbons (Fsp3) is 0.643. The molecule has 0 bridgehead atoms. The van der Waals surface area contributed by atoms with E-state index in [4.69, 9.17) is 4.74 Å². The Morgan fingerprint density at radius 3 is 2.62 bits per heavy atom. The molecule has 3 heterocycles. The Morgan fingerprint density at radius 2 is 2.00 bits per heavy atom. The highest BCUT2D eigenvalue weighted by Crippen LogP contribution is 2.32. The number of likely N-dealkylation sites (N-methyl/N-ethyl adjacent to an activating group) is 1. The molecule has 2 aromatic rings. The summed E-state index contributed by atoms with van der Waals surface area (Å²) in [5.74, 6) is 0.571. The van der Waals surface area contributed by atoms with Gasteiger partial charge < -0.3 is 30.1 Å². The van der Waals surface area contributed by atoms with Crippen molar-refractivity contribution in [1.29, 1.82) is 0 Å². The van der Waals surface area contributed by atoms with E-state index in [2.05, 4.69) is 15.0 Å². The van der Waals surface area contributed by atoms with Gasteiger partial charge in [-0.05, 0) is 6.92 Å². The highest BCUT2D eigenvalue weighted by molar-refractivity contribution is 5.83. The van der Waals surface area contributed by atoms with Gasteiger partial charge in [-0.15, -0.1) is 0 Å². The number of rotatable bonds is 6. The van der Waals surface area contributed by atoms with Crippen LogP contribution in [0.25, 0.3) is 11.2 Å². The first kappa shape index (κ1) is 17.0. The number of aliphatic hydroxyl groups is 4. The van der Waals surface area contributed by atoms with Gasteiger partial charge in [0, 0.05) is 13.1 Å². The average molecular weight is 339 g/mol. The zero-order valence-corrected chi connectivity index (χ0v) is 13.2. The lowest BCUT2D eigenvalue weighted by Crippen LogP contribution is -2.33. The lowest BCUT2D eigenvalue weighted by atomic mass is 10.1. The average Bonchev–Trinajstić information content (AvgIpc) is 3.14. The van der Waals surface area contributed by atoms with E-state index in [1.165, 1.54) is 17.2 Å². The molecule has 10 nitrogen and oxygen atoms in total. The summed E-state index contributed by atoms with van der Waals surface area (Å²) in [5, 5.41) is 38.5. The number of imidazole rings is 1. The number of hydrogen-bond acceptors (Lipinski definition) is 9. The summed E-state index contributed by atoms with van der Waals surface area (Å²) in [6.45, 7) is 2.56. The van der Waals surface area contributed by atoms with Crippen molar-refractivity contribution in [3.63, 3.8) is 0 Å². The van der Waals surface area contributed by atoms with Gasteiger partial charge in [-0.2, -0.15) is 0 Å². The van der Waals surface area contributed by atoms with Crippen molar-refractivity contribution in [2.45, 2.75) is 31.5 Å². The molecule has 0 aromatic carbocycles. The van der Waals surface area contributed by atoms with E-state index in [0.29, 0.717) is 30.1 Å². The van der Waals surface area contributed by atoms with Gasteiger partial charge in [0.05, 0.1) is 19.5 Å². The van der Waals surface area contributed by atoms with E-state index in [0.717, 1.165) is 0 Å². The molecular weight excluding hydrogens is 318 g/mol. The van der Waals surface area contributed by atoms with E-state index >= 15 is 0 Å². The first-order chi connectivity index (χ1) is 11.6. The maximum Gasteiger partial charge on any atom is 0.167 e. The number of anilines is 1. The predicted octanol–water partition coefficient (Wildman–Crippen LogP) is -1.74. The minimum absolute atomic E-state index is 0.0190. The Balaban J connectivity index is 2.00. The summed E-state index contributed by atoms with van der Waals surface area (Å²) in [4.78, 5) is 14.6. The van der Waals surface area contributed by atoms with Crippen LogP contribution < -0.4 is 4.90 Å². The van der Waals surface area contributed by atoms with E-state index in [-0.39, 0.29) is 6.61 Å². The van der Waals surface area contributed by atoms with Crippen molar-refractivity contribution in [3.8, 4) is 0 Å². The number of nitrogens with zero attached hydrogens (tertiary/aromatic N) is 5. The summed E-state index contributed by atoms with van der Waals surface area (Å²) in [7, 11) is 0. The Labute approximate surface area is 138 Å².